The maximum Gasteiger partial charge on any atom is 0.0374 e. The Hall–Kier alpha value is -0.540. The summed E-state index contributed by atoms with van der Waals surface area (Å²) in [5.74, 6) is 0.597. The van der Waals surface area contributed by atoms with Crippen molar-refractivity contribution in [3.8, 4) is 0 Å². The second-order valence-corrected chi connectivity index (χ2v) is 4.95. The van der Waals surface area contributed by atoms with Crippen LogP contribution in [0, 0.1) is 5.92 Å². The molecule has 0 heterocycles. The number of nitrogens with two attached hydrogens (primary N) is 1. The molecular weight excluding hydrogens is 252 g/mol. The summed E-state index contributed by atoms with van der Waals surface area (Å²) >= 11 is 3.48. The quantitative estimate of drug-likeness (QED) is 0.892. The molecule has 2 N–H and O–H groups in total. The van der Waals surface area contributed by atoms with E-state index in [1.54, 1.807) is 0 Å². The van der Waals surface area contributed by atoms with Gasteiger partial charge in [0.1, 0.15) is 0 Å². The molecule has 1 rings (SSSR count). The molecule has 0 aliphatic heterocycles. The van der Waals surface area contributed by atoms with Gasteiger partial charge in [-0.05, 0) is 37.1 Å². The van der Waals surface area contributed by atoms with E-state index in [0.29, 0.717) is 5.92 Å². The SMILES string of the molecule is CC(CN)CCN(C)c1cccc(Br)c1. The molecule has 0 radical (unpaired) electrons. The van der Waals surface area contributed by atoms with Crippen molar-refractivity contribution in [2.75, 3.05) is 25.0 Å². The number of nitrogens with zero attached hydrogens (tertiary/aromatic N) is 1. The summed E-state index contributed by atoms with van der Waals surface area (Å²) in [5.41, 5.74) is 6.84. The first-order valence-corrected chi connectivity index (χ1v) is 6.09. The second kappa shape index (κ2) is 6.13. The summed E-state index contributed by atoms with van der Waals surface area (Å²) in [6, 6.07) is 8.35. The highest BCUT2D eigenvalue weighted by Gasteiger charge is 2.04. The minimum Gasteiger partial charge on any atom is -0.375 e. The van der Waals surface area contributed by atoms with Crippen LogP contribution in [0.2, 0.25) is 0 Å². The lowest BCUT2D eigenvalue weighted by molar-refractivity contribution is 0.545. The first-order valence-electron chi connectivity index (χ1n) is 5.30. The van der Waals surface area contributed by atoms with Gasteiger partial charge in [0.05, 0.1) is 0 Å². The van der Waals surface area contributed by atoms with E-state index in [4.69, 9.17) is 5.73 Å². The van der Waals surface area contributed by atoms with Crippen LogP contribution in [0.4, 0.5) is 5.69 Å². The monoisotopic (exact) mass is 270 g/mol. The Balaban J connectivity index is 2.50. The number of anilines is 1. The van der Waals surface area contributed by atoms with Gasteiger partial charge in [-0.25, -0.2) is 0 Å². The van der Waals surface area contributed by atoms with Gasteiger partial charge in [0.2, 0.25) is 0 Å². The van der Waals surface area contributed by atoms with Gasteiger partial charge >= 0.3 is 0 Å². The lowest BCUT2D eigenvalue weighted by Crippen LogP contribution is -2.22. The molecule has 0 aliphatic carbocycles. The molecule has 2 nitrogen and oxygen atoms in total. The normalized spacial score (nSPS) is 12.5. The minimum absolute atomic E-state index is 0.597. The van der Waals surface area contributed by atoms with E-state index in [1.165, 1.54) is 5.69 Å². The van der Waals surface area contributed by atoms with Crippen LogP contribution in [0.3, 0.4) is 0 Å². The largest absolute Gasteiger partial charge is 0.375 e. The van der Waals surface area contributed by atoms with E-state index in [-0.39, 0.29) is 0 Å². The number of benzene rings is 1. The highest BCUT2D eigenvalue weighted by Crippen LogP contribution is 2.19. The van der Waals surface area contributed by atoms with Crippen molar-refractivity contribution in [3.05, 3.63) is 28.7 Å². The minimum atomic E-state index is 0.597. The van der Waals surface area contributed by atoms with E-state index < -0.39 is 0 Å². The van der Waals surface area contributed by atoms with E-state index in [9.17, 15) is 0 Å². The molecule has 1 aromatic rings. The van der Waals surface area contributed by atoms with Crippen LogP contribution in [0.5, 0.6) is 0 Å². The zero-order valence-corrected chi connectivity index (χ0v) is 11.0. The summed E-state index contributed by atoms with van der Waals surface area (Å²) in [5, 5.41) is 0. The van der Waals surface area contributed by atoms with Gasteiger partial charge in [-0.2, -0.15) is 0 Å². The Bertz CT molecular complexity index is 301. The van der Waals surface area contributed by atoms with Gasteiger partial charge in [-0.1, -0.05) is 28.9 Å². The smallest absolute Gasteiger partial charge is 0.0374 e. The van der Waals surface area contributed by atoms with Crippen molar-refractivity contribution in [1.29, 1.82) is 0 Å². The molecular formula is C12H19BrN2. The number of halogens is 1. The van der Waals surface area contributed by atoms with Crippen molar-refractivity contribution < 1.29 is 0 Å². The Labute approximate surface area is 101 Å². The average Bonchev–Trinajstić information content (AvgIpc) is 2.25. The molecule has 1 aromatic carbocycles. The Kier molecular flexibility index (Phi) is 5.12. The molecule has 0 spiro atoms. The van der Waals surface area contributed by atoms with Gasteiger partial charge in [-0.15, -0.1) is 0 Å². The maximum atomic E-state index is 5.60. The van der Waals surface area contributed by atoms with Crippen LogP contribution in [-0.4, -0.2) is 20.1 Å². The first-order chi connectivity index (χ1) is 7.13. The van der Waals surface area contributed by atoms with Crippen LogP contribution in [0.1, 0.15) is 13.3 Å². The predicted octanol–water partition coefficient (Wildman–Crippen LogP) is 2.87. The van der Waals surface area contributed by atoms with Crippen molar-refractivity contribution in [1.82, 2.24) is 0 Å². The third-order valence-corrected chi connectivity index (χ3v) is 3.10. The van der Waals surface area contributed by atoms with Gasteiger partial charge < -0.3 is 10.6 Å². The summed E-state index contributed by atoms with van der Waals surface area (Å²) in [6.45, 7) is 4.01. The average molecular weight is 271 g/mol. The molecule has 0 bridgehead atoms. The molecule has 15 heavy (non-hydrogen) atoms. The van der Waals surface area contributed by atoms with E-state index >= 15 is 0 Å². The fourth-order valence-electron chi connectivity index (χ4n) is 1.37. The Morgan fingerprint density at radius 3 is 2.80 bits per heavy atom. The van der Waals surface area contributed by atoms with Crippen LogP contribution in [0.25, 0.3) is 0 Å². The maximum absolute atomic E-state index is 5.60. The van der Waals surface area contributed by atoms with Gasteiger partial charge in [0.15, 0.2) is 0 Å². The third-order valence-electron chi connectivity index (χ3n) is 2.61. The van der Waals surface area contributed by atoms with Crippen LogP contribution in [-0.2, 0) is 0 Å². The molecule has 3 heteroatoms. The fraction of sp³-hybridized carbons (Fsp3) is 0.500. The topological polar surface area (TPSA) is 29.3 Å². The van der Waals surface area contributed by atoms with Crippen molar-refractivity contribution >= 4 is 21.6 Å². The van der Waals surface area contributed by atoms with Crippen LogP contribution < -0.4 is 10.6 Å². The van der Waals surface area contributed by atoms with Gasteiger partial charge in [0, 0.05) is 23.8 Å². The van der Waals surface area contributed by atoms with Crippen LogP contribution >= 0.6 is 15.9 Å². The van der Waals surface area contributed by atoms with E-state index in [0.717, 1.165) is 24.0 Å². The third kappa shape index (κ3) is 4.22. The summed E-state index contributed by atoms with van der Waals surface area (Å²) in [7, 11) is 2.12. The van der Waals surface area contributed by atoms with Crippen molar-refractivity contribution in [2.45, 2.75) is 13.3 Å². The molecule has 0 amide bonds. The molecule has 1 unspecified atom stereocenters. The zero-order valence-electron chi connectivity index (χ0n) is 9.41. The molecule has 0 fully saturated rings. The Morgan fingerprint density at radius 2 is 2.20 bits per heavy atom. The van der Waals surface area contributed by atoms with E-state index in [2.05, 4.69) is 53.0 Å². The summed E-state index contributed by atoms with van der Waals surface area (Å²) < 4.78 is 1.12. The number of hydrogen-bond donors (Lipinski definition) is 1. The molecule has 0 saturated heterocycles. The fourth-order valence-corrected chi connectivity index (χ4v) is 1.76. The molecule has 0 aliphatic rings. The highest BCUT2D eigenvalue weighted by atomic mass is 79.9. The number of rotatable bonds is 5. The lowest BCUT2D eigenvalue weighted by atomic mass is 10.1. The molecule has 0 saturated carbocycles. The van der Waals surface area contributed by atoms with Gasteiger partial charge in [0.25, 0.3) is 0 Å². The van der Waals surface area contributed by atoms with Crippen molar-refractivity contribution in [2.24, 2.45) is 11.7 Å². The number of hydrogen-bond acceptors (Lipinski definition) is 2. The van der Waals surface area contributed by atoms with E-state index in [1.807, 2.05) is 6.07 Å². The van der Waals surface area contributed by atoms with Gasteiger partial charge in [-0.3, -0.25) is 0 Å². The lowest BCUT2D eigenvalue weighted by Gasteiger charge is -2.21. The standard InChI is InChI=1S/C12H19BrN2/c1-10(9-14)6-7-15(2)12-5-3-4-11(13)8-12/h3-5,8,10H,6-7,9,14H2,1-2H3. The van der Waals surface area contributed by atoms with Crippen molar-refractivity contribution in [3.63, 3.8) is 0 Å². The molecule has 0 aromatic heterocycles. The summed E-state index contributed by atoms with van der Waals surface area (Å²) in [4.78, 5) is 2.26. The van der Waals surface area contributed by atoms with Crippen LogP contribution in [0.15, 0.2) is 28.7 Å². The predicted molar refractivity (Wildman–Crippen MR) is 70.2 cm³/mol. The summed E-state index contributed by atoms with van der Waals surface area (Å²) in [6.07, 6.45) is 1.14. The highest BCUT2D eigenvalue weighted by molar-refractivity contribution is 9.10. The molecule has 1 atom stereocenters. The Morgan fingerprint density at radius 1 is 1.47 bits per heavy atom. The first kappa shape index (κ1) is 12.5. The second-order valence-electron chi connectivity index (χ2n) is 4.03. The zero-order chi connectivity index (χ0) is 11.3. The molecule has 84 valence electrons.